The molecule has 0 aliphatic heterocycles. The molecule has 2 N–H and O–H groups in total. The molecule has 1 atom stereocenters. The molecule has 4 heteroatoms. The SMILES string of the molecule is Cc1ccc(NC(=O)C(O)(C(=O)c2ccccc2)c2ccccc2)cc1. The Morgan fingerprint density at radius 3 is 1.92 bits per heavy atom. The molecule has 0 spiro atoms. The van der Waals surface area contributed by atoms with Crippen molar-refractivity contribution in [3.63, 3.8) is 0 Å². The maximum atomic E-state index is 13.0. The molecule has 0 aromatic heterocycles. The van der Waals surface area contributed by atoms with Gasteiger partial charge in [0.1, 0.15) is 0 Å². The van der Waals surface area contributed by atoms with E-state index in [0.29, 0.717) is 5.69 Å². The Labute approximate surface area is 152 Å². The maximum Gasteiger partial charge on any atom is 0.269 e. The molecule has 0 aliphatic rings. The Bertz CT molecular complexity index is 905. The number of amides is 1. The molecular weight excluding hydrogens is 326 g/mol. The molecular formula is C22H19NO3. The number of anilines is 1. The minimum atomic E-state index is -2.33. The molecule has 26 heavy (non-hydrogen) atoms. The van der Waals surface area contributed by atoms with E-state index in [1.165, 1.54) is 0 Å². The zero-order valence-corrected chi connectivity index (χ0v) is 14.3. The van der Waals surface area contributed by atoms with Gasteiger partial charge in [0.25, 0.3) is 5.91 Å². The fraction of sp³-hybridized carbons (Fsp3) is 0.0909. The minimum Gasteiger partial charge on any atom is -0.369 e. The van der Waals surface area contributed by atoms with E-state index in [2.05, 4.69) is 5.32 Å². The highest BCUT2D eigenvalue weighted by Crippen LogP contribution is 2.28. The van der Waals surface area contributed by atoms with E-state index in [1.807, 2.05) is 19.1 Å². The Morgan fingerprint density at radius 1 is 0.808 bits per heavy atom. The first-order chi connectivity index (χ1) is 12.5. The summed E-state index contributed by atoms with van der Waals surface area (Å²) in [5.41, 5.74) is -0.290. The average molecular weight is 345 g/mol. The van der Waals surface area contributed by atoms with Gasteiger partial charge in [-0.25, -0.2) is 0 Å². The predicted molar refractivity (Wildman–Crippen MR) is 101 cm³/mol. The van der Waals surface area contributed by atoms with Gasteiger partial charge in [-0.2, -0.15) is 0 Å². The fourth-order valence-electron chi connectivity index (χ4n) is 2.70. The first kappa shape index (κ1) is 17.6. The summed E-state index contributed by atoms with van der Waals surface area (Å²) in [6, 6.07) is 23.7. The summed E-state index contributed by atoms with van der Waals surface area (Å²) in [5.74, 6) is -1.46. The van der Waals surface area contributed by atoms with Gasteiger partial charge in [0.15, 0.2) is 0 Å². The summed E-state index contributed by atoms with van der Waals surface area (Å²) in [6.45, 7) is 1.94. The van der Waals surface area contributed by atoms with Gasteiger partial charge in [-0.05, 0) is 19.1 Å². The molecule has 3 aromatic carbocycles. The van der Waals surface area contributed by atoms with Crippen LogP contribution in [0.4, 0.5) is 5.69 Å². The Kier molecular flexibility index (Phi) is 4.96. The molecule has 0 aliphatic carbocycles. The van der Waals surface area contributed by atoms with Crippen molar-refractivity contribution >= 4 is 17.4 Å². The predicted octanol–water partition coefficient (Wildman–Crippen LogP) is 3.70. The third-order valence-corrected chi connectivity index (χ3v) is 4.19. The highest BCUT2D eigenvalue weighted by Gasteiger charge is 2.46. The van der Waals surface area contributed by atoms with Crippen molar-refractivity contribution in [2.45, 2.75) is 12.5 Å². The van der Waals surface area contributed by atoms with Gasteiger partial charge in [0.2, 0.25) is 11.4 Å². The maximum absolute atomic E-state index is 13.0. The van der Waals surface area contributed by atoms with Crippen molar-refractivity contribution in [1.29, 1.82) is 0 Å². The van der Waals surface area contributed by atoms with Crippen LogP contribution in [0.3, 0.4) is 0 Å². The van der Waals surface area contributed by atoms with Crippen LogP contribution in [0.1, 0.15) is 21.5 Å². The minimum absolute atomic E-state index is 0.221. The van der Waals surface area contributed by atoms with E-state index in [9.17, 15) is 14.7 Å². The number of rotatable bonds is 5. The second-order valence-electron chi connectivity index (χ2n) is 6.09. The summed E-state index contributed by atoms with van der Waals surface area (Å²) >= 11 is 0. The fourth-order valence-corrected chi connectivity index (χ4v) is 2.70. The molecule has 0 saturated carbocycles. The number of aliphatic hydroxyl groups is 1. The topological polar surface area (TPSA) is 66.4 Å². The van der Waals surface area contributed by atoms with E-state index >= 15 is 0 Å². The number of Topliss-reactive ketones (excluding diaryl/α,β-unsaturated/α-hetero) is 1. The lowest BCUT2D eigenvalue weighted by Gasteiger charge is -2.26. The third kappa shape index (κ3) is 3.41. The van der Waals surface area contributed by atoms with Crippen LogP contribution in [-0.2, 0) is 10.4 Å². The number of benzene rings is 3. The van der Waals surface area contributed by atoms with E-state index in [1.54, 1.807) is 72.8 Å². The number of hydrogen-bond donors (Lipinski definition) is 2. The molecule has 0 heterocycles. The lowest BCUT2D eigenvalue weighted by atomic mass is 9.85. The van der Waals surface area contributed by atoms with Crippen LogP contribution < -0.4 is 5.32 Å². The molecule has 1 unspecified atom stereocenters. The zero-order chi connectivity index (χ0) is 18.6. The lowest BCUT2D eigenvalue weighted by Crippen LogP contribution is -2.47. The van der Waals surface area contributed by atoms with Crippen LogP contribution >= 0.6 is 0 Å². The van der Waals surface area contributed by atoms with Gasteiger partial charge < -0.3 is 10.4 Å². The third-order valence-electron chi connectivity index (χ3n) is 4.19. The van der Waals surface area contributed by atoms with E-state index < -0.39 is 17.3 Å². The summed E-state index contributed by atoms with van der Waals surface area (Å²) in [7, 11) is 0. The van der Waals surface area contributed by atoms with Gasteiger partial charge in [-0.15, -0.1) is 0 Å². The quantitative estimate of drug-likeness (QED) is 0.547. The van der Waals surface area contributed by atoms with E-state index in [-0.39, 0.29) is 11.1 Å². The molecule has 130 valence electrons. The monoisotopic (exact) mass is 345 g/mol. The second kappa shape index (κ2) is 7.33. The standard InChI is InChI=1S/C22H19NO3/c1-16-12-14-19(15-13-16)23-21(25)22(26,18-10-6-3-7-11-18)20(24)17-8-4-2-5-9-17/h2-15,26H,1H3,(H,23,25). The van der Waals surface area contributed by atoms with Crippen molar-refractivity contribution in [3.8, 4) is 0 Å². The molecule has 0 radical (unpaired) electrons. The van der Waals surface area contributed by atoms with Gasteiger partial charge in [-0.3, -0.25) is 9.59 Å². The number of nitrogens with one attached hydrogen (secondary N) is 1. The molecule has 4 nitrogen and oxygen atoms in total. The van der Waals surface area contributed by atoms with Crippen molar-refractivity contribution in [2.75, 3.05) is 5.32 Å². The van der Waals surface area contributed by atoms with Gasteiger partial charge in [-0.1, -0.05) is 78.4 Å². The summed E-state index contributed by atoms with van der Waals surface area (Å²) in [5, 5.41) is 13.9. The highest BCUT2D eigenvalue weighted by atomic mass is 16.3. The molecule has 3 rings (SSSR count). The van der Waals surface area contributed by atoms with Crippen molar-refractivity contribution in [2.24, 2.45) is 0 Å². The number of carbonyl (C=O) groups is 2. The zero-order valence-electron chi connectivity index (χ0n) is 14.3. The summed E-state index contributed by atoms with van der Waals surface area (Å²) < 4.78 is 0. The van der Waals surface area contributed by atoms with Crippen molar-refractivity contribution in [3.05, 3.63) is 102 Å². The molecule has 1 amide bonds. The first-order valence-electron chi connectivity index (χ1n) is 8.27. The van der Waals surface area contributed by atoms with Gasteiger partial charge >= 0.3 is 0 Å². The van der Waals surface area contributed by atoms with Crippen LogP contribution in [0.2, 0.25) is 0 Å². The number of hydrogen-bond acceptors (Lipinski definition) is 3. The molecule has 0 saturated heterocycles. The van der Waals surface area contributed by atoms with Crippen LogP contribution in [0.5, 0.6) is 0 Å². The largest absolute Gasteiger partial charge is 0.369 e. The van der Waals surface area contributed by atoms with Crippen LogP contribution in [0.25, 0.3) is 0 Å². The van der Waals surface area contributed by atoms with Crippen molar-refractivity contribution in [1.82, 2.24) is 0 Å². The lowest BCUT2D eigenvalue weighted by molar-refractivity contribution is -0.130. The van der Waals surface area contributed by atoms with Gasteiger partial charge in [0, 0.05) is 16.8 Å². The van der Waals surface area contributed by atoms with Gasteiger partial charge in [0.05, 0.1) is 0 Å². The van der Waals surface area contributed by atoms with E-state index in [4.69, 9.17) is 0 Å². The number of aryl methyl sites for hydroxylation is 1. The van der Waals surface area contributed by atoms with Crippen LogP contribution in [0, 0.1) is 6.92 Å². The number of carbonyl (C=O) groups excluding carboxylic acids is 2. The molecule has 0 fully saturated rings. The Hall–Kier alpha value is -3.24. The first-order valence-corrected chi connectivity index (χ1v) is 8.27. The summed E-state index contributed by atoms with van der Waals surface area (Å²) in [4.78, 5) is 26.0. The van der Waals surface area contributed by atoms with Crippen LogP contribution in [-0.4, -0.2) is 16.8 Å². The van der Waals surface area contributed by atoms with Crippen LogP contribution in [0.15, 0.2) is 84.9 Å². The normalized spacial score (nSPS) is 12.8. The second-order valence-corrected chi connectivity index (χ2v) is 6.09. The highest BCUT2D eigenvalue weighted by molar-refractivity contribution is 6.20. The smallest absolute Gasteiger partial charge is 0.269 e. The Morgan fingerprint density at radius 2 is 1.35 bits per heavy atom. The van der Waals surface area contributed by atoms with E-state index in [0.717, 1.165) is 5.56 Å². The Balaban J connectivity index is 2.01. The summed E-state index contributed by atoms with van der Waals surface area (Å²) in [6.07, 6.45) is 0. The average Bonchev–Trinajstić information content (AvgIpc) is 2.69. The molecule has 0 bridgehead atoms. The van der Waals surface area contributed by atoms with Crippen molar-refractivity contribution < 1.29 is 14.7 Å². The number of ketones is 1. The molecule has 3 aromatic rings.